The molecule has 0 aliphatic heterocycles. The zero-order valence-electron chi connectivity index (χ0n) is 10.0. The van der Waals surface area contributed by atoms with Crippen molar-refractivity contribution in [3.63, 3.8) is 0 Å². The molecule has 15 heavy (non-hydrogen) atoms. The lowest BCUT2D eigenvalue weighted by molar-refractivity contribution is -0.139. The van der Waals surface area contributed by atoms with Gasteiger partial charge in [0.1, 0.15) is 0 Å². The average molecular weight is 207 g/mol. The second-order valence-electron chi connectivity index (χ2n) is 5.19. The first-order chi connectivity index (χ1) is 6.99. The van der Waals surface area contributed by atoms with Crippen molar-refractivity contribution in [3.8, 4) is 12.3 Å². The average Bonchev–Trinajstić information content (AvgIpc) is 2.16. The maximum Gasteiger partial charge on any atom is 0.226 e. The van der Waals surface area contributed by atoms with Gasteiger partial charge in [-0.3, -0.25) is 4.79 Å². The number of carbonyl (C=O) groups excluding carboxylic acids is 1. The first-order valence-electron chi connectivity index (χ1n) is 5.67. The molecule has 1 amide bonds. The van der Waals surface area contributed by atoms with E-state index in [1.165, 1.54) is 12.8 Å². The normalized spacial score (nSPS) is 24.3. The van der Waals surface area contributed by atoms with Crippen molar-refractivity contribution >= 4 is 5.91 Å². The first kappa shape index (κ1) is 12.1. The fraction of sp³-hybridized carbons (Fsp3) is 0.769. The van der Waals surface area contributed by atoms with Gasteiger partial charge in [0, 0.05) is 13.0 Å². The zero-order chi connectivity index (χ0) is 11.5. The van der Waals surface area contributed by atoms with Crippen LogP contribution in [0.2, 0.25) is 0 Å². The molecule has 1 aliphatic rings. The van der Waals surface area contributed by atoms with Crippen molar-refractivity contribution in [1.29, 1.82) is 0 Å². The van der Waals surface area contributed by atoms with E-state index < -0.39 is 0 Å². The summed E-state index contributed by atoms with van der Waals surface area (Å²) >= 11 is 0. The second-order valence-corrected chi connectivity index (χ2v) is 5.19. The van der Waals surface area contributed by atoms with Gasteiger partial charge in [-0.2, -0.15) is 0 Å². The smallest absolute Gasteiger partial charge is 0.226 e. The van der Waals surface area contributed by atoms with Gasteiger partial charge < -0.3 is 4.90 Å². The molecule has 0 aromatic rings. The van der Waals surface area contributed by atoms with E-state index in [2.05, 4.69) is 19.8 Å². The van der Waals surface area contributed by atoms with Crippen LogP contribution in [0.25, 0.3) is 0 Å². The first-order valence-corrected chi connectivity index (χ1v) is 5.67. The third-order valence-corrected chi connectivity index (χ3v) is 3.51. The van der Waals surface area contributed by atoms with Crippen molar-refractivity contribution < 1.29 is 4.79 Å². The predicted octanol–water partition coefficient (Wildman–Crippen LogP) is 2.29. The van der Waals surface area contributed by atoms with Gasteiger partial charge in [-0.1, -0.05) is 32.6 Å². The van der Waals surface area contributed by atoms with E-state index in [9.17, 15) is 4.79 Å². The number of carbonyl (C=O) groups is 1. The number of amides is 1. The monoisotopic (exact) mass is 207 g/mol. The molecule has 2 nitrogen and oxygen atoms in total. The van der Waals surface area contributed by atoms with Crippen molar-refractivity contribution in [2.75, 3.05) is 13.6 Å². The van der Waals surface area contributed by atoms with Gasteiger partial charge in [-0.05, 0) is 18.3 Å². The van der Waals surface area contributed by atoms with Crippen molar-refractivity contribution in [2.24, 2.45) is 11.3 Å². The summed E-state index contributed by atoms with van der Waals surface area (Å²) in [4.78, 5) is 13.8. The maximum atomic E-state index is 12.1. The van der Waals surface area contributed by atoms with Crippen LogP contribution in [0.4, 0.5) is 0 Å². The van der Waals surface area contributed by atoms with Crippen LogP contribution in [0.5, 0.6) is 0 Å². The summed E-state index contributed by atoms with van der Waals surface area (Å²) < 4.78 is 0. The molecular weight excluding hydrogens is 186 g/mol. The van der Waals surface area contributed by atoms with E-state index in [1.54, 1.807) is 11.9 Å². The largest absolute Gasteiger partial charge is 0.334 e. The van der Waals surface area contributed by atoms with Gasteiger partial charge in [0.25, 0.3) is 0 Å². The Morgan fingerprint density at radius 3 is 2.73 bits per heavy atom. The van der Waals surface area contributed by atoms with E-state index in [0.29, 0.717) is 6.54 Å². The molecule has 0 spiro atoms. The van der Waals surface area contributed by atoms with Crippen molar-refractivity contribution in [1.82, 2.24) is 4.90 Å². The lowest BCUT2D eigenvalue weighted by atomic mass is 9.68. The van der Waals surface area contributed by atoms with Crippen LogP contribution in [0.1, 0.15) is 39.5 Å². The Labute approximate surface area is 93.0 Å². The summed E-state index contributed by atoms with van der Waals surface area (Å²) in [5.41, 5.74) is 0.137. The van der Waals surface area contributed by atoms with Gasteiger partial charge in [0.05, 0.1) is 6.54 Å². The molecule has 0 aromatic heterocycles. The molecule has 0 saturated heterocycles. The van der Waals surface area contributed by atoms with Crippen molar-refractivity contribution in [3.05, 3.63) is 0 Å². The molecule has 1 saturated carbocycles. The number of terminal acetylenes is 1. The van der Waals surface area contributed by atoms with E-state index >= 15 is 0 Å². The fourth-order valence-corrected chi connectivity index (χ4v) is 2.43. The minimum Gasteiger partial charge on any atom is -0.334 e. The number of nitrogens with zero attached hydrogens (tertiary/aromatic N) is 1. The molecule has 84 valence electrons. The van der Waals surface area contributed by atoms with E-state index in [4.69, 9.17) is 6.42 Å². The zero-order valence-corrected chi connectivity index (χ0v) is 10.0. The Morgan fingerprint density at radius 1 is 1.53 bits per heavy atom. The quantitative estimate of drug-likeness (QED) is 0.636. The Morgan fingerprint density at radius 2 is 2.20 bits per heavy atom. The van der Waals surface area contributed by atoms with E-state index in [-0.39, 0.29) is 17.2 Å². The summed E-state index contributed by atoms with van der Waals surface area (Å²) in [6.07, 6.45) is 9.80. The van der Waals surface area contributed by atoms with Crippen LogP contribution in [0.3, 0.4) is 0 Å². The third kappa shape index (κ3) is 2.75. The number of rotatable bonds is 2. The molecule has 1 unspecified atom stereocenters. The number of hydrogen-bond acceptors (Lipinski definition) is 1. The molecule has 1 atom stereocenters. The SMILES string of the molecule is C#CCN(C)C(=O)C1CCCCC1(C)C. The minimum atomic E-state index is 0.137. The highest BCUT2D eigenvalue weighted by Crippen LogP contribution is 2.41. The summed E-state index contributed by atoms with van der Waals surface area (Å²) in [5, 5.41) is 0. The van der Waals surface area contributed by atoms with Gasteiger partial charge in [0.15, 0.2) is 0 Å². The standard InChI is InChI=1S/C13H21NO/c1-5-10-14(4)12(15)11-8-6-7-9-13(11,2)3/h1,11H,6-10H2,2-4H3. The minimum absolute atomic E-state index is 0.137. The van der Waals surface area contributed by atoms with Crippen LogP contribution < -0.4 is 0 Å². The second kappa shape index (κ2) is 4.70. The molecule has 1 aliphatic carbocycles. The van der Waals surface area contributed by atoms with Gasteiger partial charge in [-0.15, -0.1) is 6.42 Å². The molecule has 0 radical (unpaired) electrons. The molecule has 0 aromatic carbocycles. The summed E-state index contributed by atoms with van der Waals surface area (Å²) in [7, 11) is 1.80. The summed E-state index contributed by atoms with van der Waals surface area (Å²) in [6, 6.07) is 0. The molecule has 1 rings (SSSR count). The molecule has 0 heterocycles. The van der Waals surface area contributed by atoms with Gasteiger partial charge in [-0.25, -0.2) is 0 Å². The van der Waals surface area contributed by atoms with E-state index in [1.807, 2.05) is 0 Å². The topological polar surface area (TPSA) is 20.3 Å². The lowest BCUT2D eigenvalue weighted by Crippen LogP contribution is -2.42. The molecule has 0 bridgehead atoms. The van der Waals surface area contributed by atoms with Crippen molar-refractivity contribution in [2.45, 2.75) is 39.5 Å². The molecule has 1 fully saturated rings. The highest BCUT2D eigenvalue weighted by Gasteiger charge is 2.38. The summed E-state index contributed by atoms with van der Waals surface area (Å²) in [5.74, 6) is 2.90. The van der Waals surface area contributed by atoms with Crippen LogP contribution >= 0.6 is 0 Å². The molecule has 0 N–H and O–H groups in total. The van der Waals surface area contributed by atoms with Crippen LogP contribution in [-0.4, -0.2) is 24.4 Å². The Kier molecular flexibility index (Phi) is 3.79. The highest BCUT2D eigenvalue weighted by atomic mass is 16.2. The highest BCUT2D eigenvalue weighted by molar-refractivity contribution is 5.79. The number of hydrogen-bond donors (Lipinski definition) is 0. The van der Waals surface area contributed by atoms with Crippen LogP contribution in [0, 0.1) is 23.7 Å². The molecule has 2 heteroatoms. The predicted molar refractivity (Wildman–Crippen MR) is 62.2 cm³/mol. The fourth-order valence-electron chi connectivity index (χ4n) is 2.43. The summed E-state index contributed by atoms with van der Waals surface area (Å²) in [6.45, 7) is 4.81. The third-order valence-electron chi connectivity index (χ3n) is 3.51. The maximum absolute atomic E-state index is 12.1. The Balaban J connectivity index is 2.69. The van der Waals surface area contributed by atoms with Gasteiger partial charge in [0.2, 0.25) is 5.91 Å². The Hall–Kier alpha value is -0.970. The lowest BCUT2D eigenvalue weighted by Gasteiger charge is -2.39. The Bertz CT molecular complexity index is 275. The van der Waals surface area contributed by atoms with E-state index in [0.717, 1.165) is 12.8 Å². The van der Waals surface area contributed by atoms with Gasteiger partial charge >= 0.3 is 0 Å². The molecular formula is C13H21NO. The van der Waals surface area contributed by atoms with Crippen LogP contribution in [0.15, 0.2) is 0 Å². The van der Waals surface area contributed by atoms with Crippen LogP contribution in [-0.2, 0) is 4.79 Å².